The zero-order valence-corrected chi connectivity index (χ0v) is 15.4. The first-order valence-corrected chi connectivity index (χ1v) is 9.32. The molecule has 1 unspecified atom stereocenters. The Morgan fingerprint density at radius 3 is 2.44 bits per heavy atom. The molecule has 1 fully saturated rings. The maximum Gasteiger partial charge on any atom is 0.256 e. The van der Waals surface area contributed by atoms with Crippen LogP contribution in [0.3, 0.4) is 0 Å². The number of rotatable bonds is 3. The number of hydrogen-bond acceptors (Lipinski definition) is 2. The van der Waals surface area contributed by atoms with Crippen LogP contribution in [-0.2, 0) is 4.74 Å². The van der Waals surface area contributed by atoms with Crippen molar-refractivity contribution < 1.29 is 9.53 Å². The van der Waals surface area contributed by atoms with Crippen molar-refractivity contribution >= 4 is 17.5 Å². The zero-order chi connectivity index (χ0) is 17.6. The summed E-state index contributed by atoms with van der Waals surface area (Å²) >= 11 is 6.09. The average Bonchev–Trinajstić information content (AvgIpc) is 3.16. The molecule has 1 aromatic heterocycles. The quantitative estimate of drug-likeness (QED) is 0.812. The Hall–Kier alpha value is -1.78. The number of amides is 1. The fourth-order valence-electron chi connectivity index (χ4n) is 4.07. The Labute approximate surface area is 153 Å². The van der Waals surface area contributed by atoms with Crippen molar-refractivity contribution in [2.75, 3.05) is 13.2 Å². The molecule has 1 atom stereocenters. The number of carbonyl (C=O) groups excluding carboxylic acids is 1. The van der Waals surface area contributed by atoms with Crippen LogP contribution in [0.2, 0.25) is 5.02 Å². The lowest BCUT2D eigenvalue weighted by Crippen LogP contribution is -2.42. The lowest BCUT2D eigenvalue weighted by Gasteiger charge is -2.36. The van der Waals surface area contributed by atoms with E-state index in [1.807, 2.05) is 36.5 Å². The van der Waals surface area contributed by atoms with Gasteiger partial charge in [0.15, 0.2) is 0 Å². The molecular weight excluding hydrogens is 336 g/mol. The lowest BCUT2D eigenvalue weighted by atomic mass is 9.99. The number of ether oxygens (including phenoxy) is 1. The summed E-state index contributed by atoms with van der Waals surface area (Å²) in [6.07, 6.45) is 3.82. The molecule has 0 N–H and O–H groups in total. The molecule has 4 rings (SSSR count). The SMILES string of the molecule is CC(C)n1ccc2c1C(c1ccc(Cl)cc1)N(C1CCOCC1)C2=O. The summed E-state index contributed by atoms with van der Waals surface area (Å²) in [5.41, 5.74) is 3.05. The highest BCUT2D eigenvalue weighted by atomic mass is 35.5. The first-order chi connectivity index (χ1) is 12.1. The van der Waals surface area contributed by atoms with Crippen LogP contribution in [0.25, 0.3) is 0 Å². The van der Waals surface area contributed by atoms with Crippen LogP contribution in [0.4, 0.5) is 0 Å². The van der Waals surface area contributed by atoms with Gasteiger partial charge in [-0.3, -0.25) is 4.79 Å². The maximum absolute atomic E-state index is 13.2. The van der Waals surface area contributed by atoms with Gasteiger partial charge in [0.05, 0.1) is 17.3 Å². The standard InChI is InChI=1S/C20H23ClN2O2/c1-13(2)22-10-7-17-19(22)18(14-3-5-15(21)6-4-14)23(20(17)24)16-8-11-25-12-9-16/h3-7,10,13,16,18H,8-9,11-12H2,1-2H3. The first kappa shape index (κ1) is 16.7. The van der Waals surface area contributed by atoms with Crippen LogP contribution >= 0.6 is 11.6 Å². The Balaban J connectivity index is 1.83. The van der Waals surface area contributed by atoms with E-state index in [4.69, 9.17) is 16.3 Å². The molecule has 25 heavy (non-hydrogen) atoms. The minimum absolute atomic E-state index is 0.0553. The normalized spacial score (nSPS) is 21.2. The number of fused-ring (bicyclic) bond motifs is 1. The van der Waals surface area contributed by atoms with Crippen LogP contribution in [0, 0.1) is 0 Å². The van der Waals surface area contributed by atoms with Crippen LogP contribution < -0.4 is 0 Å². The van der Waals surface area contributed by atoms with Gasteiger partial charge in [0.1, 0.15) is 0 Å². The van der Waals surface area contributed by atoms with Crippen molar-refractivity contribution in [2.45, 2.75) is 44.8 Å². The Morgan fingerprint density at radius 2 is 1.80 bits per heavy atom. The van der Waals surface area contributed by atoms with Gasteiger partial charge in [0, 0.05) is 36.5 Å². The van der Waals surface area contributed by atoms with Gasteiger partial charge in [-0.25, -0.2) is 0 Å². The Bertz CT molecular complexity index is 775. The van der Waals surface area contributed by atoms with Crippen LogP contribution in [0.1, 0.15) is 60.4 Å². The number of halogens is 1. The summed E-state index contributed by atoms with van der Waals surface area (Å²) < 4.78 is 7.74. The highest BCUT2D eigenvalue weighted by Gasteiger charge is 2.44. The van der Waals surface area contributed by atoms with Crippen LogP contribution in [0.5, 0.6) is 0 Å². The van der Waals surface area contributed by atoms with E-state index < -0.39 is 0 Å². The van der Waals surface area contributed by atoms with Gasteiger partial charge in [-0.15, -0.1) is 0 Å². The summed E-state index contributed by atoms with van der Waals surface area (Å²) in [4.78, 5) is 15.3. The van der Waals surface area contributed by atoms with Gasteiger partial charge in [0.2, 0.25) is 0 Å². The van der Waals surface area contributed by atoms with Gasteiger partial charge in [0.25, 0.3) is 5.91 Å². The number of carbonyl (C=O) groups is 1. The second kappa shape index (κ2) is 6.50. The van der Waals surface area contributed by atoms with Crippen molar-refractivity contribution in [3.8, 4) is 0 Å². The van der Waals surface area contributed by atoms with Crippen molar-refractivity contribution in [3.05, 3.63) is 58.4 Å². The number of hydrogen-bond donors (Lipinski definition) is 0. The average molecular weight is 359 g/mol. The predicted molar refractivity (Wildman–Crippen MR) is 98.1 cm³/mol. The van der Waals surface area contributed by atoms with E-state index in [-0.39, 0.29) is 18.0 Å². The minimum Gasteiger partial charge on any atom is -0.381 e. The molecule has 0 saturated carbocycles. The maximum atomic E-state index is 13.2. The Kier molecular flexibility index (Phi) is 4.34. The van der Waals surface area contributed by atoms with E-state index in [0.717, 1.165) is 42.9 Å². The topological polar surface area (TPSA) is 34.5 Å². The molecule has 3 heterocycles. The van der Waals surface area contributed by atoms with Crippen molar-refractivity contribution in [1.29, 1.82) is 0 Å². The molecule has 0 bridgehead atoms. The number of benzene rings is 1. The van der Waals surface area contributed by atoms with E-state index >= 15 is 0 Å². The molecule has 1 saturated heterocycles. The summed E-state index contributed by atoms with van der Waals surface area (Å²) in [5, 5.41) is 0.713. The van der Waals surface area contributed by atoms with Crippen LogP contribution in [0.15, 0.2) is 36.5 Å². The van der Waals surface area contributed by atoms with Crippen LogP contribution in [-0.4, -0.2) is 34.6 Å². The van der Waals surface area contributed by atoms with Gasteiger partial charge in [-0.1, -0.05) is 23.7 Å². The fourth-order valence-corrected chi connectivity index (χ4v) is 4.20. The summed E-state index contributed by atoms with van der Waals surface area (Å²) in [6, 6.07) is 10.3. The molecular formula is C20H23ClN2O2. The van der Waals surface area contributed by atoms with Gasteiger partial charge in [-0.2, -0.15) is 0 Å². The van der Waals surface area contributed by atoms with E-state index in [1.54, 1.807) is 0 Å². The largest absolute Gasteiger partial charge is 0.381 e. The van der Waals surface area contributed by atoms with Gasteiger partial charge >= 0.3 is 0 Å². The van der Waals surface area contributed by atoms with Gasteiger partial charge in [-0.05, 0) is 50.5 Å². The number of aromatic nitrogens is 1. The van der Waals surface area contributed by atoms with Gasteiger partial charge < -0.3 is 14.2 Å². The highest BCUT2D eigenvalue weighted by molar-refractivity contribution is 6.30. The van der Waals surface area contributed by atoms with E-state index in [2.05, 4.69) is 23.3 Å². The summed E-state index contributed by atoms with van der Waals surface area (Å²) in [7, 11) is 0. The molecule has 0 aliphatic carbocycles. The predicted octanol–water partition coefficient (Wildman–Crippen LogP) is 4.45. The smallest absolute Gasteiger partial charge is 0.256 e. The first-order valence-electron chi connectivity index (χ1n) is 8.94. The van der Waals surface area contributed by atoms with E-state index in [9.17, 15) is 4.79 Å². The summed E-state index contributed by atoms with van der Waals surface area (Å²) in [5.74, 6) is 0.140. The third-order valence-electron chi connectivity index (χ3n) is 5.28. The van der Waals surface area contributed by atoms with Crippen molar-refractivity contribution in [3.63, 3.8) is 0 Å². The molecule has 0 radical (unpaired) electrons. The van der Waals surface area contributed by atoms with E-state index in [1.165, 1.54) is 0 Å². The summed E-state index contributed by atoms with van der Waals surface area (Å²) in [6.45, 7) is 5.74. The fraction of sp³-hybridized carbons (Fsp3) is 0.450. The van der Waals surface area contributed by atoms with Crippen molar-refractivity contribution in [1.82, 2.24) is 9.47 Å². The van der Waals surface area contributed by atoms with Crippen molar-refractivity contribution in [2.24, 2.45) is 0 Å². The highest BCUT2D eigenvalue weighted by Crippen LogP contribution is 2.43. The number of nitrogens with zero attached hydrogens (tertiary/aromatic N) is 2. The molecule has 1 aromatic carbocycles. The molecule has 132 valence electrons. The molecule has 2 aliphatic rings. The minimum atomic E-state index is -0.0553. The monoisotopic (exact) mass is 358 g/mol. The third kappa shape index (κ3) is 2.77. The molecule has 1 amide bonds. The lowest BCUT2D eigenvalue weighted by molar-refractivity contribution is 0.0242. The molecule has 4 nitrogen and oxygen atoms in total. The zero-order valence-electron chi connectivity index (χ0n) is 14.6. The van der Waals surface area contributed by atoms with E-state index in [0.29, 0.717) is 11.1 Å². The third-order valence-corrected chi connectivity index (χ3v) is 5.54. The second-order valence-corrected chi connectivity index (χ2v) is 7.56. The molecule has 0 spiro atoms. The second-order valence-electron chi connectivity index (χ2n) is 7.13. The molecule has 2 aromatic rings. The molecule has 2 aliphatic heterocycles. The molecule has 5 heteroatoms. The Morgan fingerprint density at radius 1 is 1.12 bits per heavy atom.